The third-order valence-electron chi connectivity index (χ3n) is 6.31. The molecule has 1 aliphatic rings. The molecule has 1 aliphatic heterocycles. The highest BCUT2D eigenvalue weighted by Crippen LogP contribution is 2.39. The topological polar surface area (TPSA) is 157 Å². The van der Waals surface area contributed by atoms with Crippen LogP contribution >= 0.6 is 22.7 Å². The van der Waals surface area contributed by atoms with E-state index in [1.54, 1.807) is 29.1 Å². The summed E-state index contributed by atoms with van der Waals surface area (Å²) in [4.78, 5) is 13.5. The van der Waals surface area contributed by atoms with Crippen molar-refractivity contribution in [3.05, 3.63) is 51.4 Å². The van der Waals surface area contributed by atoms with Gasteiger partial charge < -0.3 is 20.1 Å². The number of aliphatic hydroxyl groups is 3. The van der Waals surface area contributed by atoms with Crippen LogP contribution in [0.4, 0.5) is 0 Å². The Morgan fingerprint density at radius 2 is 1.86 bits per heavy atom. The van der Waals surface area contributed by atoms with Crippen molar-refractivity contribution in [3.8, 4) is 17.1 Å². The second-order valence-corrected chi connectivity index (χ2v) is 11.2. The first-order valence-corrected chi connectivity index (χ1v) is 13.3. The first-order chi connectivity index (χ1) is 17.8. The predicted octanol–water partition coefficient (Wildman–Crippen LogP) is 1.91. The Labute approximate surface area is 218 Å². The molecule has 0 radical (unpaired) electrons. The molecule has 5 atom stereocenters. The van der Waals surface area contributed by atoms with Crippen LogP contribution in [0.2, 0.25) is 0 Å². The Morgan fingerprint density at radius 1 is 1.03 bits per heavy atom. The van der Waals surface area contributed by atoms with Crippen LogP contribution in [0.1, 0.15) is 33.8 Å². The summed E-state index contributed by atoms with van der Waals surface area (Å²) >= 11 is 3.06. The van der Waals surface area contributed by atoms with Gasteiger partial charge in [0, 0.05) is 5.38 Å². The van der Waals surface area contributed by atoms with Crippen LogP contribution in [0.25, 0.3) is 27.3 Å². The lowest BCUT2D eigenvalue weighted by Crippen LogP contribution is -2.53. The molecule has 192 valence electrons. The molecule has 37 heavy (non-hydrogen) atoms. The Hall–Kier alpha value is -3.14. The summed E-state index contributed by atoms with van der Waals surface area (Å²) in [5.41, 5.74) is 2.79. The second kappa shape index (κ2) is 9.31. The zero-order valence-corrected chi connectivity index (χ0v) is 21.8. The number of aryl methyl sites for hydroxylation is 3. The lowest BCUT2D eigenvalue weighted by atomic mass is 9.92. The summed E-state index contributed by atoms with van der Waals surface area (Å²) in [7, 11) is 0. The zero-order chi connectivity index (χ0) is 25.8. The summed E-state index contributed by atoms with van der Waals surface area (Å²) in [6.45, 7) is 5.13. The molecule has 0 bridgehead atoms. The largest absolute Gasteiger partial charge is 0.394 e. The molecule has 0 aliphatic carbocycles. The second-order valence-electron chi connectivity index (χ2n) is 8.90. The molecular weight excluding hydrogens is 516 g/mol. The van der Waals surface area contributed by atoms with Crippen molar-refractivity contribution < 1.29 is 20.1 Å². The highest BCUT2D eigenvalue weighted by Gasteiger charge is 2.48. The van der Waals surface area contributed by atoms with Crippen molar-refractivity contribution in [2.24, 2.45) is 0 Å². The molecule has 1 aromatic carbocycles. The molecule has 3 N–H and O–H groups in total. The normalized spacial score (nSPS) is 24.2. The summed E-state index contributed by atoms with van der Waals surface area (Å²) in [6, 6.07) is 4.79. The Balaban J connectivity index is 1.39. The summed E-state index contributed by atoms with van der Waals surface area (Å²) in [5, 5.41) is 49.1. The number of fused-ring (bicyclic) bond motifs is 1. The maximum Gasteiger partial charge on any atom is 0.164 e. The Bertz CT molecular complexity index is 1580. The van der Waals surface area contributed by atoms with Crippen LogP contribution in [0, 0.1) is 20.8 Å². The van der Waals surface area contributed by atoms with Crippen LogP contribution in [-0.4, -0.2) is 80.0 Å². The average molecular weight is 541 g/mol. The summed E-state index contributed by atoms with van der Waals surface area (Å²) in [6.07, 6.45) is -2.92. The van der Waals surface area contributed by atoms with Crippen molar-refractivity contribution in [2.45, 2.75) is 51.2 Å². The van der Waals surface area contributed by atoms with E-state index in [0.29, 0.717) is 23.0 Å². The molecule has 1 saturated heterocycles. The first kappa shape index (κ1) is 24.2. The molecule has 0 saturated carbocycles. The van der Waals surface area contributed by atoms with Gasteiger partial charge in [-0.15, -0.1) is 27.8 Å². The van der Waals surface area contributed by atoms with E-state index in [4.69, 9.17) is 4.74 Å². The number of hydrogen-bond donors (Lipinski definition) is 3. The van der Waals surface area contributed by atoms with Gasteiger partial charge in [-0.2, -0.15) is 5.10 Å². The number of thiazole rings is 2. The van der Waals surface area contributed by atoms with Gasteiger partial charge in [-0.3, -0.25) is 0 Å². The zero-order valence-electron chi connectivity index (χ0n) is 20.1. The molecule has 1 fully saturated rings. The van der Waals surface area contributed by atoms with Gasteiger partial charge in [0.15, 0.2) is 5.82 Å². The number of nitrogens with zero attached hydrogens (tertiary/aromatic N) is 8. The molecule has 0 spiro atoms. The van der Waals surface area contributed by atoms with E-state index in [9.17, 15) is 15.3 Å². The molecule has 5 aromatic rings. The van der Waals surface area contributed by atoms with Crippen LogP contribution in [0.5, 0.6) is 0 Å². The number of ether oxygens (including phenoxy) is 1. The van der Waals surface area contributed by atoms with E-state index in [1.165, 1.54) is 16.0 Å². The van der Waals surface area contributed by atoms with E-state index in [1.807, 2.05) is 37.4 Å². The van der Waals surface area contributed by atoms with Crippen LogP contribution in [-0.2, 0) is 4.74 Å². The molecule has 0 amide bonds. The van der Waals surface area contributed by atoms with E-state index < -0.39 is 37.1 Å². The molecule has 5 heterocycles. The maximum atomic E-state index is 11.5. The SMILES string of the molecule is Cc1nc([C@@H]2OC(CO)[C@H](O)[C@H](n3cc(-c4csc(C)n4)nn3)C2O)n(-c2ccc3nc(C)sc3c2)n1. The molecule has 12 nitrogen and oxygen atoms in total. The number of aromatic nitrogens is 8. The van der Waals surface area contributed by atoms with Gasteiger partial charge in [0.1, 0.15) is 47.7 Å². The predicted molar refractivity (Wildman–Crippen MR) is 136 cm³/mol. The van der Waals surface area contributed by atoms with E-state index >= 15 is 0 Å². The Morgan fingerprint density at radius 3 is 2.62 bits per heavy atom. The number of aliphatic hydroxyl groups excluding tert-OH is 3. The fourth-order valence-electron chi connectivity index (χ4n) is 4.61. The van der Waals surface area contributed by atoms with Gasteiger partial charge in [0.2, 0.25) is 0 Å². The van der Waals surface area contributed by atoms with Crippen LogP contribution < -0.4 is 0 Å². The molecule has 2 unspecified atom stereocenters. The van der Waals surface area contributed by atoms with Crippen molar-refractivity contribution in [3.63, 3.8) is 0 Å². The number of benzene rings is 1. The van der Waals surface area contributed by atoms with Crippen molar-refractivity contribution in [1.82, 2.24) is 39.7 Å². The summed E-state index contributed by atoms with van der Waals surface area (Å²) in [5.74, 6) is 0.827. The number of hydrogen-bond acceptors (Lipinski definition) is 12. The highest BCUT2D eigenvalue weighted by molar-refractivity contribution is 7.18. The average Bonchev–Trinajstić information content (AvgIpc) is 3.65. The van der Waals surface area contributed by atoms with Gasteiger partial charge in [0.05, 0.1) is 38.7 Å². The molecule has 4 aromatic heterocycles. The van der Waals surface area contributed by atoms with Gasteiger partial charge in [0.25, 0.3) is 0 Å². The minimum Gasteiger partial charge on any atom is -0.394 e. The Kier molecular flexibility index (Phi) is 6.09. The first-order valence-electron chi connectivity index (χ1n) is 11.6. The third-order valence-corrected chi connectivity index (χ3v) is 8.01. The fourth-order valence-corrected chi connectivity index (χ4v) is 6.08. The molecular formula is C23H24N8O4S2. The lowest BCUT2D eigenvalue weighted by Gasteiger charge is -2.41. The number of rotatable bonds is 5. The van der Waals surface area contributed by atoms with Gasteiger partial charge >= 0.3 is 0 Å². The van der Waals surface area contributed by atoms with E-state index in [2.05, 4.69) is 30.4 Å². The van der Waals surface area contributed by atoms with Gasteiger partial charge in [-0.05, 0) is 39.0 Å². The van der Waals surface area contributed by atoms with Gasteiger partial charge in [-0.25, -0.2) is 24.3 Å². The highest BCUT2D eigenvalue weighted by atomic mass is 32.1. The smallest absolute Gasteiger partial charge is 0.164 e. The van der Waals surface area contributed by atoms with Crippen molar-refractivity contribution in [2.75, 3.05) is 6.61 Å². The molecule has 14 heteroatoms. The monoisotopic (exact) mass is 540 g/mol. The summed E-state index contributed by atoms with van der Waals surface area (Å²) < 4.78 is 10.0. The van der Waals surface area contributed by atoms with Crippen molar-refractivity contribution >= 4 is 32.9 Å². The van der Waals surface area contributed by atoms with E-state index in [0.717, 1.165) is 25.9 Å². The minimum absolute atomic E-state index is 0.344. The fraction of sp³-hybridized carbons (Fsp3) is 0.391. The van der Waals surface area contributed by atoms with Crippen molar-refractivity contribution in [1.29, 1.82) is 0 Å². The maximum absolute atomic E-state index is 11.5. The van der Waals surface area contributed by atoms with Gasteiger partial charge in [-0.1, -0.05) is 5.21 Å². The van der Waals surface area contributed by atoms with Crippen LogP contribution in [0.15, 0.2) is 29.8 Å². The minimum atomic E-state index is -1.28. The standard InChI is InChI=1S/C23H24N8O4S2/c1-10-24-23(31(28-10)13-4-5-14-18(6-13)37-12(3)26-14)22-21(34)19(20(33)17(8-32)35-22)30-7-15(27-29-30)16-9-36-11(2)25-16/h4-7,9,17,19-22,32-34H,8H2,1-3H3/t17?,19-,20-,21?,22+/m0/s1. The van der Waals surface area contributed by atoms with E-state index in [-0.39, 0.29) is 0 Å². The third kappa shape index (κ3) is 4.24. The van der Waals surface area contributed by atoms with Crippen LogP contribution in [0.3, 0.4) is 0 Å². The molecule has 6 rings (SSSR count). The lowest BCUT2D eigenvalue weighted by molar-refractivity contribution is -0.210. The quantitative estimate of drug-likeness (QED) is 0.301.